The first-order valence-electron chi connectivity index (χ1n) is 7.36. The largest absolute Gasteiger partial charge is 0.313 e. The average molecular weight is 221 g/mol. The van der Waals surface area contributed by atoms with Crippen molar-refractivity contribution in [3.05, 3.63) is 0 Å². The normalized spacial score (nSPS) is 38.2. The first-order valence-corrected chi connectivity index (χ1v) is 7.36. The average Bonchev–Trinajstić information content (AvgIpc) is 2.84. The zero-order valence-corrected chi connectivity index (χ0v) is 11.0. The van der Waals surface area contributed by atoms with Crippen LogP contribution in [0.4, 0.5) is 0 Å². The molecule has 3 fully saturated rings. The van der Waals surface area contributed by atoms with Gasteiger partial charge in [0, 0.05) is 12.6 Å². The van der Waals surface area contributed by atoms with E-state index in [0.717, 1.165) is 23.8 Å². The van der Waals surface area contributed by atoms with Crippen LogP contribution in [0.5, 0.6) is 0 Å². The molecule has 0 heterocycles. The summed E-state index contributed by atoms with van der Waals surface area (Å²) in [5, 5.41) is 3.71. The molecule has 92 valence electrons. The van der Waals surface area contributed by atoms with Gasteiger partial charge in [0.15, 0.2) is 0 Å². The van der Waals surface area contributed by atoms with Crippen LogP contribution < -0.4 is 5.32 Å². The van der Waals surface area contributed by atoms with Gasteiger partial charge in [0.1, 0.15) is 0 Å². The zero-order chi connectivity index (χ0) is 11.2. The number of fused-ring (bicyclic) bond motifs is 2. The highest BCUT2D eigenvalue weighted by molar-refractivity contribution is 4.93. The first-order chi connectivity index (χ1) is 7.62. The Morgan fingerprint density at radius 3 is 2.44 bits per heavy atom. The molecule has 1 N–H and O–H groups in total. The predicted octanol–water partition coefficient (Wildman–Crippen LogP) is 3.59. The fourth-order valence-corrected chi connectivity index (χ4v) is 4.12. The zero-order valence-electron chi connectivity index (χ0n) is 11.0. The van der Waals surface area contributed by atoms with Crippen molar-refractivity contribution in [2.45, 2.75) is 64.8 Å². The summed E-state index contributed by atoms with van der Waals surface area (Å²) in [6.07, 6.45) is 10.5. The molecule has 3 aliphatic rings. The van der Waals surface area contributed by atoms with Gasteiger partial charge in [-0.05, 0) is 61.7 Å². The maximum atomic E-state index is 3.71. The predicted molar refractivity (Wildman–Crippen MR) is 68.4 cm³/mol. The van der Waals surface area contributed by atoms with Crippen LogP contribution in [0.25, 0.3) is 0 Å². The minimum Gasteiger partial charge on any atom is -0.313 e. The van der Waals surface area contributed by atoms with Crippen LogP contribution in [0.2, 0.25) is 0 Å². The highest BCUT2D eigenvalue weighted by Crippen LogP contribution is 2.51. The molecule has 0 saturated heterocycles. The molecule has 0 spiro atoms. The Bertz CT molecular complexity index is 254. The van der Waals surface area contributed by atoms with E-state index < -0.39 is 0 Å². The Hall–Kier alpha value is -0.0400. The van der Waals surface area contributed by atoms with Crippen molar-refractivity contribution >= 4 is 0 Å². The Morgan fingerprint density at radius 2 is 1.88 bits per heavy atom. The van der Waals surface area contributed by atoms with Crippen molar-refractivity contribution in [1.29, 1.82) is 0 Å². The van der Waals surface area contributed by atoms with E-state index in [1.54, 1.807) is 25.7 Å². The maximum absolute atomic E-state index is 3.71. The second kappa shape index (κ2) is 4.01. The molecule has 0 aromatic heterocycles. The highest BCUT2D eigenvalue weighted by Gasteiger charge is 2.41. The van der Waals surface area contributed by atoms with Gasteiger partial charge >= 0.3 is 0 Å². The third-order valence-electron chi connectivity index (χ3n) is 5.15. The number of rotatable bonds is 5. The highest BCUT2D eigenvalue weighted by atomic mass is 15.0. The molecule has 0 aromatic carbocycles. The minimum atomic E-state index is 0.526. The van der Waals surface area contributed by atoms with Crippen molar-refractivity contribution in [2.75, 3.05) is 6.54 Å². The molecule has 3 rings (SSSR count). The number of hydrogen-bond acceptors (Lipinski definition) is 1. The number of nitrogens with one attached hydrogen (secondary N) is 1. The third-order valence-corrected chi connectivity index (χ3v) is 5.15. The van der Waals surface area contributed by atoms with Crippen LogP contribution >= 0.6 is 0 Å². The molecule has 0 aliphatic heterocycles. The number of hydrogen-bond donors (Lipinski definition) is 1. The van der Waals surface area contributed by atoms with Crippen molar-refractivity contribution < 1.29 is 0 Å². The lowest BCUT2D eigenvalue weighted by Gasteiger charge is -2.32. The molecule has 2 bridgehead atoms. The lowest BCUT2D eigenvalue weighted by molar-refractivity contribution is 0.201. The SMILES string of the molecule is CC(C)(CNC1CC1)CC1CC2CCC1C2. The molecule has 1 nitrogen and oxygen atoms in total. The van der Waals surface area contributed by atoms with E-state index in [9.17, 15) is 0 Å². The Balaban J connectivity index is 1.48. The van der Waals surface area contributed by atoms with Crippen LogP contribution in [-0.2, 0) is 0 Å². The van der Waals surface area contributed by atoms with Crippen LogP contribution in [0.1, 0.15) is 58.8 Å². The molecule has 0 aromatic rings. The standard InChI is InChI=1S/C15H27N/c1-15(2,10-16-14-5-6-14)9-13-8-11-3-4-12(13)7-11/h11-14,16H,3-10H2,1-2H3. The van der Waals surface area contributed by atoms with Gasteiger partial charge in [0.25, 0.3) is 0 Å². The molecule has 0 radical (unpaired) electrons. The summed E-state index contributed by atoms with van der Waals surface area (Å²) in [7, 11) is 0. The van der Waals surface area contributed by atoms with Gasteiger partial charge in [-0.1, -0.05) is 20.3 Å². The van der Waals surface area contributed by atoms with Crippen molar-refractivity contribution in [3.8, 4) is 0 Å². The van der Waals surface area contributed by atoms with Crippen molar-refractivity contribution in [2.24, 2.45) is 23.2 Å². The van der Waals surface area contributed by atoms with Gasteiger partial charge in [-0.15, -0.1) is 0 Å². The fraction of sp³-hybridized carbons (Fsp3) is 1.00. The van der Waals surface area contributed by atoms with Gasteiger partial charge in [-0.3, -0.25) is 0 Å². The van der Waals surface area contributed by atoms with E-state index in [4.69, 9.17) is 0 Å². The third kappa shape index (κ3) is 2.45. The Labute approximate surface area is 100 Å². The maximum Gasteiger partial charge on any atom is 0.00684 e. The Morgan fingerprint density at radius 1 is 1.06 bits per heavy atom. The van der Waals surface area contributed by atoms with Gasteiger partial charge < -0.3 is 5.32 Å². The molecule has 0 amide bonds. The van der Waals surface area contributed by atoms with Crippen LogP contribution in [0.3, 0.4) is 0 Å². The summed E-state index contributed by atoms with van der Waals surface area (Å²) in [4.78, 5) is 0. The molecular formula is C15H27N. The van der Waals surface area contributed by atoms with Crippen molar-refractivity contribution in [1.82, 2.24) is 5.32 Å². The first kappa shape index (κ1) is 11.1. The monoisotopic (exact) mass is 221 g/mol. The summed E-state index contributed by atoms with van der Waals surface area (Å²) >= 11 is 0. The second-order valence-electron chi connectivity index (χ2n) is 7.46. The smallest absolute Gasteiger partial charge is 0.00684 e. The van der Waals surface area contributed by atoms with Gasteiger partial charge in [-0.25, -0.2) is 0 Å². The Kier molecular flexibility index (Phi) is 2.78. The van der Waals surface area contributed by atoms with Crippen LogP contribution in [0, 0.1) is 23.2 Å². The van der Waals surface area contributed by atoms with Crippen LogP contribution in [0.15, 0.2) is 0 Å². The van der Waals surface area contributed by atoms with Crippen LogP contribution in [-0.4, -0.2) is 12.6 Å². The fourth-order valence-electron chi connectivity index (χ4n) is 4.12. The molecule has 3 unspecified atom stereocenters. The summed E-state index contributed by atoms with van der Waals surface area (Å²) in [5.41, 5.74) is 0.526. The van der Waals surface area contributed by atoms with Gasteiger partial charge in [0.2, 0.25) is 0 Å². The van der Waals surface area contributed by atoms with Crippen molar-refractivity contribution in [3.63, 3.8) is 0 Å². The van der Waals surface area contributed by atoms with E-state index in [-0.39, 0.29) is 0 Å². The summed E-state index contributed by atoms with van der Waals surface area (Å²) in [6.45, 7) is 6.17. The lowest BCUT2D eigenvalue weighted by Crippen LogP contribution is -2.33. The van der Waals surface area contributed by atoms with Gasteiger partial charge in [-0.2, -0.15) is 0 Å². The van der Waals surface area contributed by atoms with Gasteiger partial charge in [0.05, 0.1) is 0 Å². The second-order valence-corrected chi connectivity index (χ2v) is 7.46. The molecule has 3 aliphatic carbocycles. The van der Waals surface area contributed by atoms with E-state index in [1.807, 2.05) is 0 Å². The topological polar surface area (TPSA) is 12.0 Å². The lowest BCUT2D eigenvalue weighted by atomic mass is 9.76. The molecule has 16 heavy (non-hydrogen) atoms. The van der Waals surface area contributed by atoms with E-state index in [2.05, 4.69) is 19.2 Å². The van der Waals surface area contributed by atoms with E-state index in [1.165, 1.54) is 25.8 Å². The molecule has 3 atom stereocenters. The van der Waals surface area contributed by atoms with E-state index >= 15 is 0 Å². The molecule has 1 heteroatoms. The quantitative estimate of drug-likeness (QED) is 0.748. The summed E-state index contributed by atoms with van der Waals surface area (Å²) in [5.74, 6) is 3.28. The summed E-state index contributed by atoms with van der Waals surface area (Å²) < 4.78 is 0. The minimum absolute atomic E-state index is 0.526. The van der Waals surface area contributed by atoms with E-state index in [0.29, 0.717) is 5.41 Å². The molecule has 3 saturated carbocycles. The summed E-state index contributed by atoms with van der Waals surface area (Å²) in [6, 6.07) is 0.874. The molecular weight excluding hydrogens is 194 g/mol.